The lowest BCUT2D eigenvalue weighted by molar-refractivity contribution is -0.141. The number of hydrogen-bond donors (Lipinski definition) is 2. The Bertz CT molecular complexity index is 1090. The summed E-state index contributed by atoms with van der Waals surface area (Å²) in [6.07, 6.45) is 3.06. The van der Waals surface area contributed by atoms with Crippen LogP contribution in [0.4, 0.5) is 10.5 Å². The Kier molecular flexibility index (Phi) is 12.5. The van der Waals surface area contributed by atoms with Gasteiger partial charge in [0.15, 0.2) is 0 Å². The van der Waals surface area contributed by atoms with Crippen molar-refractivity contribution >= 4 is 23.6 Å². The Balaban J connectivity index is 2.50. The number of nitrogens with one attached hydrogen (secondary N) is 2. The molecule has 2 aromatic rings. The van der Waals surface area contributed by atoms with Crippen LogP contribution in [-0.2, 0) is 14.3 Å². The number of benzene rings is 2. The fourth-order valence-electron chi connectivity index (χ4n) is 4.31. The van der Waals surface area contributed by atoms with Gasteiger partial charge in [0.2, 0.25) is 5.91 Å². The van der Waals surface area contributed by atoms with Crippen molar-refractivity contribution in [3.05, 3.63) is 59.7 Å². The highest BCUT2D eigenvalue weighted by Gasteiger charge is 2.37. The van der Waals surface area contributed by atoms with Crippen LogP contribution in [0.5, 0.6) is 5.75 Å². The maximum absolute atomic E-state index is 14.2. The first-order valence-corrected chi connectivity index (χ1v) is 14.2. The Morgan fingerprint density at radius 3 is 2.08 bits per heavy atom. The van der Waals surface area contributed by atoms with Crippen molar-refractivity contribution in [2.75, 3.05) is 19.0 Å². The smallest absolute Gasteiger partial charge is 0.408 e. The molecule has 0 aromatic heterocycles. The molecule has 0 saturated carbocycles. The van der Waals surface area contributed by atoms with E-state index in [1.807, 2.05) is 45.0 Å². The summed E-state index contributed by atoms with van der Waals surface area (Å²) < 4.78 is 10.7. The lowest BCUT2D eigenvalue weighted by atomic mass is 9.97. The maximum atomic E-state index is 14.2. The zero-order valence-corrected chi connectivity index (χ0v) is 25.4. The molecule has 0 bridgehead atoms. The van der Waals surface area contributed by atoms with Crippen LogP contribution in [0.15, 0.2) is 48.5 Å². The van der Waals surface area contributed by atoms with Gasteiger partial charge in [0.1, 0.15) is 23.4 Å². The second-order valence-corrected chi connectivity index (χ2v) is 11.5. The molecule has 0 heterocycles. The standard InChI is InChI=1S/C32H47N3O5/c1-9-10-11-12-21-35(30(37)27(22(2)3)34-31(38)40-32(5,6)7)28(24-15-13-23(4)14-16-24)29(36)33-25-17-19-26(39-8)20-18-25/h13-20,22,27-28H,9-12,21H2,1-8H3,(H,33,36)(H,34,38). The zero-order chi connectivity index (χ0) is 29.9. The second kappa shape index (κ2) is 15.3. The minimum Gasteiger partial charge on any atom is -0.497 e. The van der Waals surface area contributed by atoms with Crippen LogP contribution in [0, 0.1) is 12.8 Å². The molecule has 2 N–H and O–H groups in total. The van der Waals surface area contributed by atoms with Crippen LogP contribution in [0.3, 0.4) is 0 Å². The predicted octanol–water partition coefficient (Wildman–Crippen LogP) is 6.64. The summed E-state index contributed by atoms with van der Waals surface area (Å²) in [5.41, 5.74) is 1.62. The van der Waals surface area contributed by atoms with Gasteiger partial charge in [0.05, 0.1) is 7.11 Å². The largest absolute Gasteiger partial charge is 0.497 e. The van der Waals surface area contributed by atoms with Crippen molar-refractivity contribution in [2.24, 2.45) is 5.92 Å². The average Bonchev–Trinajstić information content (AvgIpc) is 2.88. The van der Waals surface area contributed by atoms with E-state index in [0.29, 0.717) is 23.5 Å². The van der Waals surface area contributed by atoms with Crippen LogP contribution in [0.1, 0.15) is 84.4 Å². The Morgan fingerprint density at radius 1 is 0.925 bits per heavy atom. The normalized spacial score (nSPS) is 12.8. The minimum atomic E-state index is -0.904. The van der Waals surface area contributed by atoms with Gasteiger partial charge in [-0.25, -0.2) is 4.79 Å². The molecule has 3 amide bonds. The van der Waals surface area contributed by atoms with Crippen molar-refractivity contribution in [2.45, 2.75) is 91.8 Å². The Morgan fingerprint density at radius 2 is 1.55 bits per heavy atom. The van der Waals surface area contributed by atoms with E-state index < -0.39 is 23.8 Å². The van der Waals surface area contributed by atoms with Gasteiger partial charge in [-0.1, -0.05) is 69.9 Å². The van der Waals surface area contributed by atoms with Gasteiger partial charge in [0, 0.05) is 12.2 Å². The topological polar surface area (TPSA) is 97.0 Å². The van der Waals surface area contributed by atoms with Crippen LogP contribution in [0.25, 0.3) is 0 Å². The Hall–Kier alpha value is -3.55. The van der Waals surface area contributed by atoms with Gasteiger partial charge in [-0.05, 0) is 69.9 Å². The van der Waals surface area contributed by atoms with E-state index in [9.17, 15) is 14.4 Å². The minimum absolute atomic E-state index is 0.235. The second-order valence-electron chi connectivity index (χ2n) is 11.5. The molecule has 0 aliphatic heterocycles. The van der Waals surface area contributed by atoms with Crippen molar-refractivity contribution in [3.63, 3.8) is 0 Å². The summed E-state index contributed by atoms with van der Waals surface area (Å²) in [7, 11) is 1.58. The van der Waals surface area contributed by atoms with Gasteiger partial charge >= 0.3 is 6.09 Å². The number of hydrogen-bond acceptors (Lipinski definition) is 5. The number of aryl methyl sites for hydroxylation is 1. The first kappa shape index (κ1) is 32.7. The van der Waals surface area contributed by atoms with Gasteiger partial charge in [-0.3, -0.25) is 9.59 Å². The molecule has 0 spiro atoms. The van der Waals surface area contributed by atoms with Gasteiger partial charge in [0.25, 0.3) is 5.91 Å². The molecule has 40 heavy (non-hydrogen) atoms. The number of anilines is 1. The molecule has 2 rings (SSSR count). The van der Waals surface area contributed by atoms with Gasteiger partial charge in [-0.15, -0.1) is 0 Å². The Labute approximate surface area is 239 Å². The van der Waals surface area contributed by atoms with Crippen molar-refractivity contribution in [1.29, 1.82) is 0 Å². The number of methoxy groups -OCH3 is 1. The van der Waals surface area contributed by atoms with Crippen molar-refractivity contribution < 1.29 is 23.9 Å². The quantitative estimate of drug-likeness (QED) is 0.271. The summed E-state index contributed by atoms with van der Waals surface area (Å²) in [5, 5.41) is 5.76. The van der Waals surface area contributed by atoms with Crippen LogP contribution < -0.4 is 15.4 Å². The number of ether oxygens (including phenoxy) is 2. The third-order valence-corrected chi connectivity index (χ3v) is 6.45. The monoisotopic (exact) mass is 553 g/mol. The number of unbranched alkanes of at least 4 members (excludes halogenated alkanes) is 3. The van der Waals surface area contributed by atoms with Crippen molar-refractivity contribution in [3.8, 4) is 5.75 Å². The first-order valence-electron chi connectivity index (χ1n) is 14.2. The van der Waals surface area contributed by atoms with E-state index >= 15 is 0 Å². The zero-order valence-electron chi connectivity index (χ0n) is 25.4. The third kappa shape index (κ3) is 10.2. The molecule has 0 radical (unpaired) electrons. The number of alkyl carbamates (subject to hydrolysis) is 1. The highest BCUT2D eigenvalue weighted by molar-refractivity contribution is 5.99. The maximum Gasteiger partial charge on any atom is 0.408 e. The van der Waals surface area contributed by atoms with E-state index in [1.54, 1.807) is 57.0 Å². The number of carbonyl (C=O) groups is 3. The molecule has 2 aromatic carbocycles. The van der Waals surface area contributed by atoms with Gasteiger partial charge in [-0.2, -0.15) is 0 Å². The SMILES string of the molecule is CCCCCCN(C(=O)C(NC(=O)OC(C)(C)C)C(C)C)C(C(=O)Nc1ccc(OC)cc1)c1ccc(C)cc1. The van der Waals surface area contributed by atoms with Crippen LogP contribution >= 0.6 is 0 Å². The number of carbonyl (C=O) groups excluding carboxylic acids is 3. The summed E-state index contributed by atoms with van der Waals surface area (Å²) in [6, 6.07) is 12.9. The number of rotatable bonds is 13. The summed E-state index contributed by atoms with van der Waals surface area (Å²) in [5.74, 6) is -0.222. The first-order chi connectivity index (χ1) is 18.9. The predicted molar refractivity (Wildman–Crippen MR) is 159 cm³/mol. The number of nitrogens with zero attached hydrogens (tertiary/aromatic N) is 1. The molecular weight excluding hydrogens is 506 g/mol. The summed E-state index contributed by atoms with van der Waals surface area (Å²) >= 11 is 0. The molecule has 2 atom stereocenters. The molecule has 2 unspecified atom stereocenters. The fraction of sp³-hybridized carbons (Fsp3) is 0.531. The summed E-state index contributed by atoms with van der Waals surface area (Å²) in [4.78, 5) is 42.5. The molecule has 8 heteroatoms. The van der Waals surface area contributed by atoms with Crippen LogP contribution in [-0.4, -0.2) is 48.1 Å². The van der Waals surface area contributed by atoms with E-state index in [4.69, 9.17) is 9.47 Å². The lowest BCUT2D eigenvalue weighted by Crippen LogP contribution is -2.54. The average molecular weight is 554 g/mol. The molecule has 0 fully saturated rings. The van der Waals surface area contributed by atoms with E-state index in [0.717, 1.165) is 31.2 Å². The van der Waals surface area contributed by atoms with Crippen LogP contribution in [0.2, 0.25) is 0 Å². The lowest BCUT2D eigenvalue weighted by Gasteiger charge is -2.35. The van der Waals surface area contributed by atoms with Gasteiger partial charge < -0.3 is 25.0 Å². The third-order valence-electron chi connectivity index (χ3n) is 6.45. The molecule has 0 saturated heterocycles. The van der Waals surface area contributed by atoms with E-state index in [2.05, 4.69) is 17.6 Å². The molecule has 0 aliphatic carbocycles. The van der Waals surface area contributed by atoms with Crippen molar-refractivity contribution in [1.82, 2.24) is 10.2 Å². The highest BCUT2D eigenvalue weighted by atomic mass is 16.6. The summed E-state index contributed by atoms with van der Waals surface area (Å²) in [6.45, 7) is 13.5. The molecule has 0 aliphatic rings. The molecular formula is C32H47N3O5. The number of amides is 3. The molecule has 220 valence electrons. The van der Waals surface area contributed by atoms with E-state index in [-0.39, 0.29) is 17.7 Å². The fourth-order valence-corrected chi connectivity index (χ4v) is 4.31. The van der Waals surface area contributed by atoms with E-state index in [1.165, 1.54) is 0 Å². The molecule has 8 nitrogen and oxygen atoms in total. The highest BCUT2D eigenvalue weighted by Crippen LogP contribution is 2.27.